The standard InChI is InChI=1S/C15H23N3OS.2ClH/c1-8-12(20-9(2)18-8)5-6-17-15(19)13-10-3-4-11(7-10)14(13)16;;/h10-11,13-14H,3-7,16H2,1-2H3,(H,17,19);2*1H. The molecule has 4 nitrogen and oxygen atoms in total. The lowest BCUT2D eigenvalue weighted by Crippen LogP contribution is -2.45. The van der Waals surface area contributed by atoms with Crippen molar-refractivity contribution in [1.29, 1.82) is 0 Å². The van der Waals surface area contributed by atoms with Crippen molar-refractivity contribution in [2.24, 2.45) is 23.5 Å². The third kappa shape index (κ3) is 3.75. The molecule has 0 aromatic carbocycles. The fraction of sp³-hybridized carbons (Fsp3) is 0.733. The van der Waals surface area contributed by atoms with Crippen molar-refractivity contribution in [3.8, 4) is 0 Å². The van der Waals surface area contributed by atoms with Gasteiger partial charge in [-0.05, 0) is 44.9 Å². The van der Waals surface area contributed by atoms with E-state index in [1.807, 2.05) is 13.8 Å². The second kappa shape index (κ2) is 7.95. The van der Waals surface area contributed by atoms with Gasteiger partial charge in [-0.1, -0.05) is 0 Å². The van der Waals surface area contributed by atoms with E-state index in [4.69, 9.17) is 5.73 Å². The van der Waals surface area contributed by atoms with Crippen molar-refractivity contribution in [3.05, 3.63) is 15.6 Å². The number of rotatable bonds is 4. The summed E-state index contributed by atoms with van der Waals surface area (Å²) >= 11 is 1.72. The molecule has 2 bridgehead atoms. The Labute approximate surface area is 148 Å². The van der Waals surface area contributed by atoms with E-state index >= 15 is 0 Å². The molecule has 0 spiro atoms. The maximum atomic E-state index is 12.3. The summed E-state index contributed by atoms with van der Waals surface area (Å²) in [7, 11) is 0. The highest BCUT2D eigenvalue weighted by Gasteiger charge is 2.48. The Hall–Kier alpha value is -0.360. The van der Waals surface area contributed by atoms with Gasteiger partial charge in [0.25, 0.3) is 0 Å². The number of fused-ring (bicyclic) bond motifs is 2. The lowest BCUT2D eigenvalue weighted by molar-refractivity contribution is -0.127. The average molecular weight is 366 g/mol. The molecule has 7 heteroatoms. The Morgan fingerprint density at radius 3 is 2.55 bits per heavy atom. The first-order valence-electron chi connectivity index (χ1n) is 7.52. The second-order valence-electron chi connectivity index (χ2n) is 6.22. The van der Waals surface area contributed by atoms with Crippen molar-refractivity contribution < 1.29 is 4.79 Å². The first-order chi connectivity index (χ1) is 9.56. The summed E-state index contributed by atoms with van der Waals surface area (Å²) in [6.45, 7) is 4.75. The zero-order chi connectivity index (χ0) is 14.3. The highest BCUT2D eigenvalue weighted by Crippen LogP contribution is 2.47. The van der Waals surface area contributed by atoms with Gasteiger partial charge >= 0.3 is 0 Å². The summed E-state index contributed by atoms with van der Waals surface area (Å²) in [6, 6.07) is 0.0844. The molecule has 3 rings (SSSR count). The number of carbonyl (C=O) groups excluding carboxylic acids is 1. The summed E-state index contributed by atoms with van der Waals surface area (Å²) in [6.07, 6.45) is 4.43. The zero-order valence-electron chi connectivity index (χ0n) is 13.0. The largest absolute Gasteiger partial charge is 0.355 e. The molecule has 4 atom stereocenters. The maximum Gasteiger partial charge on any atom is 0.224 e. The minimum atomic E-state index is 0. The molecular weight excluding hydrogens is 341 g/mol. The van der Waals surface area contributed by atoms with Crippen LogP contribution in [0.5, 0.6) is 0 Å². The number of nitrogens with two attached hydrogens (primary N) is 1. The van der Waals surface area contributed by atoms with E-state index in [2.05, 4.69) is 10.3 Å². The Morgan fingerprint density at radius 1 is 1.32 bits per heavy atom. The number of nitrogens with zero attached hydrogens (tertiary/aromatic N) is 1. The fourth-order valence-electron chi connectivity index (χ4n) is 3.95. The van der Waals surface area contributed by atoms with Crippen LogP contribution in [0.15, 0.2) is 0 Å². The highest BCUT2D eigenvalue weighted by molar-refractivity contribution is 7.11. The predicted molar refractivity (Wildman–Crippen MR) is 95.1 cm³/mol. The molecule has 2 fully saturated rings. The first-order valence-corrected chi connectivity index (χ1v) is 8.34. The van der Waals surface area contributed by atoms with Crippen LogP contribution in [-0.2, 0) is 11.2 Å². The number of amides is 1. The molecular formula is C15H25Cl2N3OS. The summed E-state index contributed by atoms with van der Waals surface area (Å²) in [5.41, 5.74) is 7.30. The number of nitrogens with one attached hydrogen (secondary N) is 1. The summed E-state index contributed by atoms with van der Waals surface area (Å²) < 4.78 is 0. The van der Waals surface area contributed by atoms with Gasteiger partial charge in [-0.15, -0.1) is 36.2 Å². The number of aromatic nitrogens is 1. The van der Waals surface area contributed by atoms with E-state index in [9.17, 15) is 4.79 Å². The summed E-state index contributed by atoms with van der Waals surface area (Å²) in [5.74, 6) is 1.34. The number of carbonyl (C=O) groups is 1. The highest BCUT2D eigenvalue weighted by atomic mass is 35.5. The summed E-state index contributed by atoms with van der Waals surface area (Å²) in [5, 5.41) is 4.18. The van der Waals surface area contributed by atoms with Crippen LogP contribution in [0, 0.1) is 31.6 Å². The van der Waals surface area contributed by atoms with Gasteiger partial charge in [0, 0.05) is 23.9 Å². The maximum absolute atomic E-state index is 12.3. The van der Waals surface area contributed by atoms with Gasteiger partial charge in [-0.2, -0.15) is 0 Å². The Morgan fingerprint density at radius 2 is 2.00 bits per heavy atom. The van der Waals surface area contributed by atoms with E-state index in [1.54, 1.807) is 11.3 Å². The lowest BCUT2D eigenvalue weighted by Gasteiger charge is -2.26. The molecule has 3 N–H and O–H groups in total. The number of thiazole rings is 1. The minimum Gasteiger partial charge on any atom is -0.355 e. The molecule has 0 radical (unpaired) electrons. The van der Waals surface area contributed by atoms with Crippen molar-refractivity contribution in [2.45, 2.75) is 45.6 Å². The van der Waals surface area contributed by atoms with Crippen LogP contribution in [0.1, 0.15) is 34.8 Å². The number of hydrogen-bond donors (Lipinski definition) is 2. The van der Waals surface area contributed by atoms with Crippen LogP contribution in [0.2, 0.25) is 0 Å². The van der Waals surface area contributed by atoms with Crippen LogP contribution >= 0.6 is 36.2 Å². The third-order valence-corrected chi connectivity index (χ3v) is 6.07. The number of halogens is 2. The van der Waals surface area contributed by atoms with Gasteiger partial charge in [0.1, 0.15) is 0 Å². The molecule has 1 aromatic rings. The molecule has 126 valence electrons. The lowest BCUT2D eigenvalue weighted by atomic mass is 9.84. The summed E-state index contributed by atoms with van der Waals surface area (Å²) in [4.78, 5) is 18.0. The third-order valence-electron chi connectivity index (χ3n) is 4.93. The second-order valence-corrected chi connectivity index (χ2v) is 7.51. The van der Waals surface area contributed by atoms with E-state index in [1.165, 1.54) is 17.7 Å². The van der Waals surface area contributed by atoms with Gasteiger partial charge in [-0.3, -0.25) is 4.79 Å². The Balaban J connectivity index is 0.00000121. The van der Waals surface area contributed by atoms with Crippen molar-refractivity contribution in [2.75, 3.05) is 6.54 Å². The predicted octanol–water partition coefficient (Wildman–Crippen LogP) is 2.64. The quantitative estimate of drug-likeness (QED) is 0.861. The molecule has 1 amide bonds. The van der Waals surface area contributed by atoms with E-state index in [0.29, 0.717) is 18.4 Å². The molecule has 0 aliphatic heterocycles. The van der Waals surface area contributed by atoms with E-state index in [-0.39, 0.29) is 42.7 Å². The van der Waals surface area contributed by atoms with Crippen LogP contribution < -0.4 is 11.1 Å². The normalized spacial score (nSPS) is 28.9. The SMILES string of the molecule is Cc1nc(C)c(CCNC(=O)C2C3CCC(C3)C2N)s1.Cl.Cl. The van der Waals surface area contributed by atoms with Crippen LogP contribution in [0.25, 0.3) is 0 Å². The molecule has 1 aromatic heterocycles. The number of aryl methyl sites for hydroxylation is 2. The van der Waals surface area contributed by atoms with Gasteiger partial charge in [0.05, 0.1) is 16.6 Å². The Bertz CT molecular complexity index is 521. The van der Waals surface area contributed by atoms with Crippen LogP contribution in [-0.4, -0.2) is 23.5 Å². The van der Waals surface area contributed by atoms with E-state index in [0.717, 1.165) is 23.5 Å². The zero-order valence-corrected chi connectivity index (χ0v) is 15.5. The Kier molecular flexibility index (Phi) is 7.12. The first kappa shape index (κ1) is 19.7. The fourth-order valence-corrected chi connectivity index (χ4v) is 4.88. The van der Waals surface area contributed by atoms with Crippen LogP contribution in [0.3, 0.4) is 0 Å². The molecule has 4 unspecified atom stereocenters. The topological polar surface area (TPSA) is 68.0 Å². The smallest absolute Gasteiger partial charge is 0.224 e. The molecule has 22 heavy (non-hydrogen) atoms. The van der Waals surface area contributed by atoms with Gasteiger partial charge in [0.15, 0.2) is 0 Å². The average Bonchev–Trinajstić information content (AvgIpc) is 3.05. The van der Waals surface area contributed by atoms with Crippen molar-refractivity contribution in [1.82, 2.24) is 10.3 Å². The molecule has 0 saturated heterocycles. The van der Waals surface area contributed by atoms with Crippen molar-refractivity contribution >= 4 is 42.1 Å². The molecule has 2 aliphatic rings. The van der Waals surface area contributed by atoms with E-state index < -0.39 is 0 Å². The molecule has 2 saturated carbocycles. The minimum absolute atomic E-state index is 0. The molecule has 1 heterocycles. The number of hydrogen-bond acceptors (Lipinski definition) is 4. The van der Waals surface area contributed by atoms with Gasteiger partial charge in [-0.25, -0.2) is 4.98 Å². The molecule has 2 aliphatic carbocycles. The van der Waals surface area contributed by atoms with Gasteiger partial charge < -0.3 is 11.1 Å². The van der Waals surface area contributed by atoms with Crippen molar-refractivity contribution in [3.63, 3.8) is 0 Å². The monoisotopic (exact) mass is 365 g/mol. The van der Waals surface area contributed by atoms with Crippen LogP contribution in [0.4, 0.5) is 0 Å². The van der Waals surface area contributed by atoms with Gasteiger partial charge in [0.2, 0.25) is 5.91 Å².